The molecule has 0 radical (unpaired) electrons. The van der Waals surface area contributed by atoms with Crippen molar-refractivity contribution in [2.24, 2.45) is 4.99 Å². The van der Waals surface area contributed by atoms with Crippen LogP contribution in [0.4, 0.5) is 0 Å². The molecule has 8 heteroatoms. The lowest BCUT2D eigenvalue weighted by atomic mass is 9.99. The summed E-state index contributed by atoms with van der Waals surface area (Å²) in [7, 11) is 3.65. The molecule has 2 aliphatic rings. The number of aliphatic imine (C=N–C) groups is 1. The Morgan fingerprint density at radius 2 is 2.17 bits per heavy atom. The zero-order valence-corrected chi connectivity index (χ0v) is 17.4. The third-order valence-electron chi connectivity index (χ3n) is 4.61. The van der Waals surface area contributed by atoms with Crippen molar-refractivity contribution in [3.63, 3.8) is 0 Å². The summed E-state index contributed by atoms with van der Waals surface area (Å²) in [5.74, 6) is 1.05. The molecule has 2 saturated heterocycles. The van der Waals surface area contributed by atoms with Crippen LogP contribution in [0.1, 0.15) is 25.7 Å². The Labute approximate surface area is 160 Å². The van der Waals surface area contributed by atoms with E-state index in [0.717, 1.165) is 51.5 Å². The molecule has 0 bridgehead atoms. The van der Waals surface area contributed by atoms with E-state index >= 15 is 0 Å². The number of halogens is 1. The van der Waals surface area contributed by atoms with E-state index in [1.807, 2.05) is 18.8 Å². The number of thioether (sulfide) groups is 1. The van der Waals surface area contributed by atoms with Crippen molar-refractivity contribution < 1.29 is 9.53 Å². The highest BCUT2D eigenvalue weighted by Gasteiger charge is 2.32. The third-order valence-corrected chi connectivity index (χ3v) is 6.02. The van der Waals surface area contributed by atoms with Crippen molar-refractivity contribution in [3.8, 4) is 0 Å². The molecule has 0 spiro atoms. The predicted molar refractivity (Wildman–Crippen MR) is 107 cm³/mol. The largest absolute Gasteiger partial charge is 0.381 e. The second-order valence-corrected chi connectivity index (χ2v) is 7.35. The lowest BCUT2D eigenvalue weighted by Gasteiger charge is -2.37. The average molecular weight is 456 g/mol. The van der Waals surface area contributed by atoms with E-state index < -0.39 is 0 Å². The van der Waals surface area contributed by atoms with Gasteiger partial charge in [0, 0.05) is 57.6 Å². The first-order valence-electron chi connectivity index (χ1n) is 7.92. The number of nitrogens with zero attached hydrogens (tertiary/aromatic N) is 2. The zero-order chi connectivity index (χ0) is 16.0. The van der Waals surface area contributed by atoms with Gasteiger partial charge in [0.25, 0.3) is 0 Å². The molecule has 0 aromatic heterocycles. The zero-order valence-electron chi connectivity index (χ0n) is 14.3. The molecule has 2 heterocycles. The molecule has 1 amide bonds. The summed E-state index contributed by atoms with van der Waals surface area (Å²) in [6.45, 7) is 3.30. The van der Waals surface area contributed by atoms with E-state index in [2.05, 4.69) is 21.9 Å². The van der Waals surface area contributed by atoms with Crippen molar-refractivity contribution in [2.75, 3.05) is 46.7 Å². The highest BCUT2D eigenvalue weighted by atomic mass is 127. The third kappa shape index (κ3) is 5.97. The summed E-state index contributed by atoms with van der Waals surface area (Å²) in [6.07, 6.45) is 5.78. The van der Waals surface area contributed by atoms with Crippen LogP contribution in [0.2, 0.25) is 0 Å². The average Bonchev–Trinajstić information content (AvgIpc) is 2.55. The van der Waals surface area contributed by atoms with Gasteiger partial charge in [-0.3, -0.25) is 9.79 Å². The summed E-state index contributed by atoms with van der Waals surface area (Å²) in [5, 5.41) is 6.91. The van der Waals surface area contributed by atoms with E-state index in [9.17, 15) is 4.79 Å². The Balaban J connectivity index is 0.00000264. The molecule has 1 unspecified atom stereocenters. The van der Waals surface area contributed by atoms with Gasteiger partial charge in [-0.1, -0.05) is 0 Å². The maximum atomic E-state index is 11.5. The Bertz CT molecular complexity index is 416. The minimum atomic E-state index is 0. The van der Waals surface area contributed by atoms with Gasteiger partial charge in [0.15, 0.2) is 5.96 Å². The fourth-order valence-electron chi connectivity index (χ4n) is 2.96. The summed E-state index contributed by atoms with van der Waals surface area (Å²) in [6, 6.07) is 0.272. The van der Waals surface area contributed by atoms with Crippen molar-refractivity contribution >= 4 is 47.6 Å². The summed E-state index contributed by atoms with van der Waals surface area (Å²) < 4.78 is 5.71. The number of likely N-dealkylation sites (N-methyl/N-ethyl adjacent to an activating group) is 1. The van der Waals surface area contributed by atoms with Crippen LogP contribution < -0.4 is 10.6 Å². The first-order valence-corrected chi connectivity index (χ1v) is 9.15. The Hall–Kier alpha value is -0.220. The number of nitrogens with one attached hydrogen (secondary N) is 2. The number of hydrogen-bond donors (Lipinski definition) is 2. The molecule has 2 aliphatic heterocycles. The van der Waals surface area contributed by atoms with E-state index in [0.29, 0.717) is 6.42 Å². The number of ether oxygens (including phenoxy) is 1. The van der Waals surface area contributed by atoms with Crippen LogP contribution in [0.15, 0.2) is 4.99 Å². The smallest absolute Gasteiger partial charge is 0.222 e. The maximum Gasteiger partial charge on any atom is 0.222 e. The van der Waals surface area contributed by atoms with E-state index in [1.165, 1.54) is 0 Å². The fraction of sp³-hybridized carbons (Fsp3) is 0.867. The number of guanidine groups is 1. The minimum absolute atomic E-state index is 0. The van der Waals surface area contributed by atoms with Crippen LogP contribution >= 0.6 is 35.7 Å². The lowest BCUT2D eigenvalue weighted by Crippen LogP contribution is -2.54. The van der Waals surface area contributed by atoms with Gasteiger partial charge in [0.1, 0.15) is 0 Å². The second-order valence-electron chi connectivity index (χ2n) is 6.08. The van der Waals surface area contributed by atoms with E-state index in [4.69, 9.17) is 4.74 Å². The molecule has 23 heavy (non-hydrogen) atoms. The second kappa shape index (κ2) is 9.93. The predicted octanol–water partition coefficient (Wildman–Crippen LogP) is 1.30. The van der Waals surface area contributed by atoms with Crippen molar-refractivity contribution in [1.29, 1.82) is 0 Å². The Morgan fingerprint density at radius 1 is 1.48 bits per heavy atom. The normalized spacial score (nSPS) is 24.8. The Morgan fingerprint density at radius 3 is 2.74 bits per heavy atom. The molecule has 6 nitrogen and oxygen atoms in total. The quantitative estimate of drug-likeness (QED) is 0.380. The number of carbonyl (C=O) groups is 1. The first kappa shape index (κ1) is 20.8. The van der Waals surface area contributed by atoms with Crippen molar-refractivity contribution in [1.82, 2.24) is 15.5 Å². The Kier molecular flexibility index (Phi) is 8.99. The van der Waals surface area contributed by atoms with E-state index in [-0.39, 0.29) is 40.7 Å². The number of carbonyl (C=O) groups excluding carboxylic acids is 1. The molecule has 1 atom stereocenters. The van der Waals surface area contributed by atoms with Gasteiger partial charge in [0.05, 0.1) is 0 Å². The van der Waals surface area contributed by atoms with Crippen LogP contribution in [0, 0.1) is 0 Å². The van der Waals surface area contributed by atoms with E-state index in [1.54, 1.807) is 11.9 Å². The molecule has 2 fully saturated rings. The van der Waals surface area contributed by atoms with Crippen LogP contribution in [0.25, 0.3) is 0 Å². The monoisotopic (exact) mass is 456 g/mol. The molecule has 0 aromatic rings. The molecule has 134 valence electrons. The van der Waals surface area contributed by atoms with Gasteiger partial charge < -0.3 is 20.3 Å². The van der Waals surface area contributed by atoms with Gasteiger partial charge in [-0.2, -0.15) is 11.8 Å². The number of likely N-dealkylation sites (tertiary alicyclic amines) is 1. The molecule has 0 saturated carbocycles. The number of hydrogen-bond acceptors (Lipinski definition) is 4. The number of rotatable bonds is 4. The summed E-state index contributed by atoms with van der Waals surface area (Å²) in [4.78, 5) is 17.7. The SMILES string of the molecule is CN=C(NCC1(SC)CCOCC1)NC1CCC(=O)N(C)C1.I. The molecule has 0 aliphatic carbocycles. The fourth-order valence-corrected chi connectivity index (χ4v) is 3.75. The van der Waals surface area contributed by atoms with Crippen molar-refractivity contribution in [3.05, 3.63) is 0 Å². The van der Waals surface area contributed by atoms with Gasteiger partial charge in [-0.15, -0.1) is 24.0 Å². The maximum absolute atomic E-state index is 11.5. The molecular weight excluding hydrogens is 427 g/mol. The summed E-state index contributed by atoms with van der Waals surface area (Å²) >= 11 is 1.91. The molecule has 2 rings (SSSR count). The highest BCUT2D eigenvalue weighted by molar-refractivity contribution is 14.0. The van der Waals surface area contributed by atoms with Crippen LogP contribution in [-0.2, 0) is 9.53 Å². The van der Waals surface area contributed by atoms with Gasteiger partial charge in [-0.25, -0.2) is 0 Å². The standard InChI is InChI=1S/C15H28N4O2S.HI/c1-16-14(18-12-4-5-13(20)19(2)10-12)17-11-15(22-3)6-8-21-9-7-15;/h12H,4-11H2,1-3H3,(H2,16,17,18);1H. The minimum Gasteiger partial charge on any atom is -0.381 e. The van der Waals surface area contributed by atoms with Crippen molar-refractivity contribution in [2.45, 2.75) is 36.5 Å². The number of piperidine rings is 1. The van der Waals surface area contributed by atoms with Crippen LogP contribution in [0.5, 0.6) is 0 Å². The van der Waals surface area contributed by atoms with Crippen LogP contribution in [-0.4, -0.2) is 74.2 Å². The molecular formula is C15H29IN4O2S. The van der Waals surface area contributed by atoms with Gasteiger partial charge in [-0.05, 0) is 25.5 Å². The van der Waals surface area contributed by atoms with Gasteiger partial charge >= 0.3 is 0 Å². The topological polar surface area (TPSA) is 66.0 Å². The first-order chi connectivity index (χ1) is 10.6. The lowest BCUT2D eigenvalue weighted by molar-refractivity contribution is -0.132. The number of amides is 1. The molecule has 0 aromatic carbocycles. The van der Waals surface area contributed by atoms with Gasteiger partial charge in [0.2, 0.25) is 5.91 Å². The molecule has 2 N–H and O–H groups in total. The summed E-state index contributed by atoms with van der Waals surface area (Å²) in [5.41, 5.74) is 0. The highest BCUT2D eigenvalue weighted by Crippen LogP contribution is 2.32. The van der Waals surface area contributed by atoms with Crippen LogP contribution in [0.3, 0.4) is 0 Å².